The van der Waals surface area contributed by atoms with Crippen LogP contribution in [0.5, 0.6) is 0 Å². The highest BCUT2D eigenvalue weighted by Crippen LogP contribution is 2.10. The lowest BCUT2D eigenvalue weighted by Gasteiger charge is -2.08. The van der Waals surface area contributed by atoms with Gasteiger partial charge in [-0.1, -0.05) is 29.8 Å². The largest absolute Gasteiger partial charge is 0.463 e. The van der Waals surface area contributed by atoms with Gasteiger partial charge >= 0.3 is 5.97 Å². The molecule has 104 valence electrons. The molecule has 20 heavy (non-hydrogen) atoms. The van der Waals surface area contributed by atoms with E-state index in [0.717, 1.165) is 5.56 Å². The van der Waals surface area contributed by atoms with E-state index in [1.165, 1.54) is 12.7 Å². The molecule has 0 amide bonds. The van der Waals surface area contributed by atoms with Crippen LogP contribution in [0.25, 0.3) is 0 Å². The molecule has 0 aliphatic carbocycles. The number of aryl methyl sites for hydroxylation is 2. The maximum atomic E-state index is 11.5. The highest BCUT2D eigenvalue weighted by molar-refractivity contribution is 5.85. The number of esters is 1. The maximum Gasteiger partial charge on any atom is 0.376 e. The molecule has 2 rings (SSSR count). The van der Waals surface area contributed by atoms with E-state index in [1.807, 2.05) is 13.8 Å². The summed E-state index contributed by atoms with van der Waals surface area (Å²) in [5, 5.41) is 3.18. The number of aromatic nitrogens is 2. The van der Waals surface area contributed by atoms with Gasteiger partial charge in [-0.3, -0.25) is 0 Å². The van der Waals surface area contributed by atoms with Crippen molar-refractivity contribution >= 4 is 11.8 Å². The predicted octanol–water partition coefficient (Wildman–Crippen LogP) is 2.49. The topological polar surface area (TPSA) is 64.1 Å². The van der Waals surface area contributed by atoms with Gasteiger partial charge < -0.3 is 10.1 Å². The minimum Gasteiger partial charge on any atom is -0.463 e. The van der Waals surface area contributed by atoms with Crippen molar-refractivity contribution in [1.82, 2.24) is 9.97 Å². The fraction of sp³-hybridized carbons (Fsp3) is 0.267. The van der Waals surface area contributed by atoms with E-state index in [-0.39, 0.29) is 5.82 Å². The van der Waals surface area contributed by atoms with Crippen LogP contribution in [0.15, 0.2) is 30.3 Å². The van der Waals surface area contributed by atoms with Crippen molar-refractivity contribution in [1.29, 1.82) is 0 Å². The van der Waals surface area contributed by atoms with Crippen LogP contribution in [-0.2, 0) is 11.3 Å². The van der Waals surface area contributed by atoms with Crippen LogP contribution in [-0.4, -0.2) is 23.0 Å². The molecule has 0 unspecified atom stereocenters. The summed E-state index contributed by atoms with van der Waals surface area (Å²) in [5.74, 6) is 0.143. The van der Waals surface area contributed by atoms with E-state index in [2.05, 4.69) is 44.3 Å². The van der Waals surface area contributed by atoms with Crippen LogP contribution < -0.4 is 5.32 Å². The zero-order valence-electron chi connectivity index (χ0n) is 11.8. The second-order valence-corrected chi connectivity index (χ2v) is 4.55. The van der Waals surface area contributed by atoms with Crippen molar-refractivity contribution in [3.05, 3.63) is 53.0 Å². The van der Waals surface area contributed by atoms with Gasteiger partial charge in [0.05, 0.1) is 7.11 Å². The molecule has 2 aromatic rings. The average Bonchev–Trinajstić information content (AvgIpc) is 2.45. The van der Waals surface area contributed by atoms with Crippen LogP contribution >= 0.6 is 0 Å². The number of hydrogen-bond acceptors (Lipinski definition) is 5. The molecule has 5 heteroatoms. The summed E-state index contributed by atoms with van der Waals surface area (Å²) in [6.45, 7) is 4.50. The SMILES string of the molecule is COC(=O)c1nc(C)cc(NCc2ccc(C)cc2)n1. The molecule has 0 fully saturated rings. The Morgan fingerprint density at radius 1 is 1.20 bits per heavy atom. The summed E-state index contributed by atoms with van der Waals surface area (Å²) in [5.41, 5.74) is 3.08. The molecular weight excluding hydrogens is 254 g/mol. The van der Waals surface area contributed by atoms with E-state index in [9.17, 15) is 4.79 Å². The van der Waals surface area contributed by atoms with Gasteiger partial charge in [0.1, 0.15) is 5.82 Å². The Morgan fingerprint density at radius 3 is 2.55 bits per heavy atom. The standard InChI is InChI=1S/C15H17N3O2/c1-10-4-6-12(7-5-10)9-16-13-8-11(2)17-14(18-13)15(19)20-3/h4-8H,9H2,1-3H3,(H,16,17,18). The Balaban J connectivity index is 2.11. The molecular formula is C15H17N3O2. The summed E-state index contributed by atoms with van der Waals surface area (Å²) in [4.78, 5) is 19.6. The van der Waals surface area contributed by atoms with Gasteiger partial charge in [0.25, 0.3) is 0 Å². The van der Waals surface area contributed by atoms with Crippen molar-refractivity contribution in [2.45, 2.75) is 20.4 Å². The zero-order chi connectivity index (χ0) is 14.5. The lowest BCUT2D eigenvalue weighted by molar-refractivity contribution is 0.0586. The van der Waals surface area contributed by atoms with E-state index < -0.39 is 5.97 Å². The third-order valence-corrected chi connectivity index (χ3v) is 2.82. The maximum absolute atomic E-state index is 11.5. The molecule has 1 heterocycles. The van der Waals surface area contributed by atoms with E-state index in [0.29, 0.717) is 18.1 Å². The number of benzene rings is 1. The first kappa shape index (κ1) is 14.0. The van der Waals surface area contributed by atoms with Crippen LogP contribution in [0.1, 0.15) is 27.4 Å². The van der Waals surface area contributed by atoms with Crippen molar-refractivity contribution < 1.29 is 9.53 Å². The molecule has 0 saturated carbocycles. The van der Waals surface area contributed by atoms with Crippen molar-refractivity contribution in [2.75, 3.05) is 12.4 Å². The van der Waals surface area contributed by atoms with E-state index >= 15 is 0 Å². The van der Waals surface area contributed by atoms with Gasteiger partial charge in [-0.2, -0.15) is 0 Å². The normalized spacial score (nSPS) is 10.2. The lowest BCUT2D eigenvalue weighted by atomic mass is 10.1. The van der Waals surface area contributed by atoms with Gasteiger partial charge in [0.15, 0.2) is 0 Å². The van der Waals surface area contributed by atoms with Crippen LogP contribution in [0.3, 0.4) is 0 Å². The number of ether oxygens (including phenoxy) is 1. The number of methoxy groups -OCH3 is 1. The third-order valence-electron chi connectivity index (χ3n) is 2.82. The van der Waals surface area contributed by atoms with Gasteiger partial charge in [-0.25, -0.2) is 14.8 Å². The first-order valence-electron chi connectivity index (χ1n) is 6.32. The molecule has 0 aliphatic rings. The van der Waals surface area contributed by atoms with Crippen molar-refractivity contribution in [3.63, 3.8) is 0 Å². The Hall–Kier alpha value is -2.43. The number of hydrogen-bond donors (Lipinski definition) is 1. The third kappa shape index (κ3) is 3.54. The van der Waals surface area contributed by atoms with Crippen molar-refractivity contribution in [3.8, 4) is 0 Å². The van der Waals surface area contributed by atoms with Crippen molar-refractivity contribution in [2.24, 2.45) is 0 Å². The first-order chi connectivity index (χ1) is 9.58. The van der Waals surface area contributed by atoms with Gasteiger partial charge in [0.2, 0.25) is 5.82 Å². The number of carbonyl (C=O) groups is 1. The van der Waals surface area contributed by atoms with Crippen LogP contribution in [0, 0.1) is 13.8 Å². The fourth-order valence-corrected chi connectivity index (χ4v) is 1.74. The molecule has 0 saturated heterocycles. The number of nitrogens with one attached hydrogen (secondary N) is 1. The van der Waals surface area contributed by atoms with Gasteiger partial charge in [0, 0.05) is 18.3 Å². The summed E-state index contributed by atoms with van der Waals surface area (Å²) in [6.07, 6.45) is 0. The molecule has 1 N–H and O–H groups in total. The summed E-state index contributed by atoms with van der Waals surface area (Å²) >= 11 is 0. The number of anilines is 1. The van der Waals surface area contributed by atoms with E-state index in [4.69, 9.17) is 0 Å². The molecule has 1 aromatic carbocycles. The number of carbonyl (C=O) groups excluding carboxylic acids is 1. The number of nitrogens with zero attached hydrogens (tertiary/aromatic N) is 2. The Labute approximate surface area is 118 Å². The summed E-state index contributed by atoms with van der Waals surface area (Å²) in [6, 6.07) is 10.0. The minimum atomic E-state index is -0.535. The lowest BCUT2D eigenvalue weighted by Crippen LogP contribution is -2.11. The average molecular weight is 271 g/mol. The molecule has 0 spiro atoms. The zero-order valence-corrected chi connectivity index (χ0v) is 11.8. The highest BCUT2D eigenvalue weighted by atomic mass is 16.5. The highest BCUT2D eigenvalue weighted by Gasteiger charge is 2.11. The quantitative estimate of drug-likeness (QED) is 0.865. The molecule has 0 atom stereocenters. The second-order valence-electron chi connectivity index (χ2n) is 4.55. The predicted molar refractivity (Wildman–Crippen MR) is 76.6 cm³/mol. The Kier molecular flexibility index (Phi) is 4.30. The Bertz CT molecular complexity index is 609. The smallest absolute Gasteiger partial charge is 0.376 e. The number of rotatable bonds is 4. The minimum absolute atomic E-state index is 0.0684. The van der Waals surface area contributed by atoms with Crippen LogP contribution in [0.4, 0.5) is 5.82 Å². The molecule has 1 aromatic heterocycles. The fourth-order valence-electron chi connectivity index (χ4n) is 1.74. The molecule has 5 nitrogen and oxygen atoms in total. The first-order valence-corrected chi connectivity index (χ1v) is 6.32. The van der Waals surface area contributed by atoms with Gasteiger partial charge in [-0.05, 0) is 19.4 Å². The van der Waals surface area contributed by atoms with Crippen LogP contribution in [0.2, 0.25) is 0 Å². The Morgan fingerprint density at radius 2 is 1.90 bits per heavy atom. The summed E-state index contributed by atoms with van der Waals surface area (Å²) in [7, 11) is 1.31. The summed E-state index contributed by atoms with van der Waals surface area (Å²) < 4.78 is 4.63. The van der Waals surface area contributed by atoms with Gasteiger partial charge in [-0.15, -0.1) is 0 Å². The molecule has 0 radical (unpaired) electrons. The molecule has 0 aliphatic heterocycles. The molecule has 0 bridgehead atoms. The van der Waals surface area contributed by atoms with E-state index in [1.54, 1.807) is 6.07 Å². The second kappa shape index (κ2) is 6.14. The monoisotopic (exact) mass is 271 g/mol.